The molecule has 3 aromatic rings. The minimum atomic E-state index is -1.82. The first-order valence-electron chi connectivity index (χ1n) is 15.6. The summed E-state index contributed by atoms with van der Waals surface area (Å²) in [6.45, 7) is 11.3. The number of benzene rings is 3. The Labute approximate surface area is 271 Å². The number of carboxylic acids is 4. The monoisotopic (exact) mass is 636 g/mol. The van der Waals surface area contributed by atoms with Crippen molar-refractivity contribution in [2.45, 2.75) is 65.5 Å². The van der Waals surface area contributed by atoms with E-state index in [0.717, 1.165) is 26.2 Å². The third-order valence-electron chi connectivity index (χ3n) is 7.13. The summed E-state index contributed by atoms with van der Waals surface area (Å²) >= 11 is 0. The highest BCUT2D eigenvalue weighted by molar-refractivity contribution is 6.27. The molecule has 3 rings (SSSR count). The van der Waals surface area contributed by atoms with Crippen molar-refractivity contribution in [2.24, 2.45) is 0 Å². The molecule has 0 radical (unpaired) electrons. The summed E-state index contributed by atoms with van der Waals surface area (Å²) in [5.41, 5.74) is 5.81. The molecule has 0 aromatic heterocycles. The van der Waals surface area contributed by atoms with Crippen molar-refractivity contribution in [3.05, 3.63) is 107 Å². The summed E-state index contributed by atoms with van der Waals surface area (Å²) in [7, 11) is 0. The molecular weight excluding hydrogens is 588 g/mol. The molecule has 250 valence electrons. The summed E-state index contributed by atoms with van der Waals surface area (Å²) in [6.07, 6.45) is 7.41. The first-order chi connectivity index (χ1) is 22.0. The Balaban J connectivity index is 0.000000747. The van der Waals surface area contributed by atoms with Gasteiger partial charge in [-0.05, 0) is 87.0 Å². The van der Waals surface area contributed by atoms with Gasteiger partial charge < -0.3 is 20.4 Å². The van der Waals surface area contributed by atoms with E-state index in [4.69, 9.17) is 39.6 Å². The van der Waals surface area contributed by atoms with E-state index in [-0.39, 0.29) is 0 Å². The van der Waals surface area contributed by atoms with E-state index in [1.807, 2.05) is 0 Å². The molecule has 10 heteroatoms. The summed E-state index contributed by atoms with van der Waals surface area (Å²) in [5, 5.41) is 29.6. The van der Waals surface area contributed by atoms with E-state index in [1.165, 1.54) is 73.9 Å². The molecule has 46 heavy (non-hydrogen) atoms. The fraction of sp³-hybridized carbons (Fsp3) is 0.389. The zero-order chi connectivity index (χ0) is 34.2. The Morgan fingerprint density at radius 3 is 1.11 bits per heavy atom. The topological polar surface area (TPSA) is 156 Å². The third-order valence-corrected chi connectivity index (χ3v) is 7.13. The van der Waals surface area contributed by atoms with Crippen LogP contribution in [-0.4, -0.2) is 80.3 Å². The molecule has 0 bridgehead atoms. The van der Waals surface area contributed by atoms with Gasteiger partial charge in [-0.15, -0.1) is 0 Å². The van der Waals surface area contributed by atoms with Gasteiger partial charge in [-0.2, -0.15) is 0 Å². The first-order valence-corrected chi connectivity index (χ1v) is 15.6. The molecule has 0 fully saturated rings. The maximum absolute atomic E-state index is 9.10. The lowest BCUT2D eigenvalue weighted by atomic mass is 10.1. The van der Waals surface area contributed by atoms with Crippen molar-refractivity contribution in [3.63, 3.8) is 0 Å². The molecule has 0 aliphatic heterocycles. The number of rotatable bonds is 16. The number of hydrogen-bond acceptors (Lipinski definition) is 6. The molecule has 0 aliphatic rings. The molecule has 0 heterocycles. The maximum atomic E-state index is 9.10. The lowest BCUT2D eigenvalue weighted by Gasteiger charge is -2.23. The molecule has 10 nitrogen and oxygen atoms in total. The van der Waals surface area contributed by atoms with Gasteiger partial charge in [0.15, 0.2) is 0 Å². The van der Waals surface area contributed by atoms with E-state index in [2.05, 4.69) is 109 Å². The van der Waals surface area contributed by atoms with Crippen LogP contribution in [0.25, 0.3) is 0 Å². The molecule has 0 spiro atoms. The Kier molecular flexibility index (Phi) is 20.4. The number of nitrogens with zero attached hydrogens (tertiary/aromatic N) is 2. The molecular formula is C36H48N2O8. The Morgan fingerprint density at radius 2 is 0.804 bits per heavy atom. The van der Waals surface area contributed by atoms with Gasteiger partial charge >= 0.3 is 23.9 Å². The van der Waals surface area contributed by atoms with Crippen LogP contribution >= 0.6 is 0 Å². The van der Waals surface area contributed by atoms with Gasteiger partial charge in [0.1, 0.15) is 0 Å². The summed E-state index contributed by atoms with van der Waals surface area (Å²) in [6, 6.07) is 31.0. The van der Waals surface area contributed by atoms with E-state index < -0.39 is 23.9 Å². The second-order valence-electron chi connectivity index (χ2n) is 10.7. The molecule has 0 atom stereocenters. The maximum Gasteiger partial charge on any atom is 0.414 e. The predicted octanol–water partition coefficient (Wildman–Crippen LogP) is 5.69. The fourth-order valence-electron chi connectivity index (χ4n) is 4.66. The first kappa shape index (κ1) is 39.5. The van der Waals surface area contributed by atoms with E-state index in [0.29, 0.717) is 0 Å². The largest absolute Gasteiger partial charge is 0.473 e. The SMILES string of the molecule is CCN(CCCCc1ccccc1)Cc1cccc(CN(CC)CCCCc2ccccc2)c1.O=C(O)C(=O)O.O=C(O)C(=O)O. The standard InChI is InChI=1S/C32H44N2.2C2H2O4/c1-3-33(24-13-11-20-29-16-7-5-8-17-29)27-31-22-15-23-32(26-31)28-34(4-2)25-14-12-21-30-18-9-6-10-19-30;2*3-1(4)2(5)6/h5-10,15-19,22-23,26H,3-4,11-14,20-21,24-25,27-28H2,1-2H3;2*(H,3,4)(H,5,6). The van der Waals surface area contributed by atoms with E-state index in [1.54, 1.807) is 0 Å². The van der Waals surface area contributed by atoms with Crippen LogP contribution in [0.1, 0.15) is 61.8 Å². The van der Waals surface area contributed by atoms with Gasteiger partial charge in [-0.1, -0.05) is 98.8 Å². The van der Waals surface area contributed by atoms with Crippen LogP contribution in [0, 0.1) is 0 Å². The second-order valence-corrected chi connectivity index (χ2v) is 10.7. The third kappa shape index (κ3) is 19.0. The molecule has 0 aliphatic carbocycles. The number of carbonyl (C=O) groups is 4. The lowest BCUT2D eigenvalue weighted by Crippen LogP contribution is -2.25. The number of unbranched alkanes of at least 4 members (excludes halogenated alkanes) is 2. The average molecular weight is 637 g/mol. The summed E-state index contributed by atoms with van der Waals surface area (Å²) in [4.78, 5) is 41.6. The molecule has 0 saturated heterocycles. The van der Waals surface area contributed by atoms with Crippen LogP contribution in [0.4, 0.5) is 0 Å². The Morgan fingerprint density at radius 1 is 0.478 bits per heavy atom. The zero-order valence-electron chi connectivity index (χ0n) is 26.9. The second kappa shape index (κ2) is 23.8. The normalized spacial score (nSPS) is 10.3. The van der Waals surface area contributed by atoms with Crippen molar-refractivity contribution < 1.29 is 39.6 Å². The molecule has 4 N–H and O–H groups in total. The van der Waals surface area contributed by atoms with Crippen LogP contribution in [0.5, 0.6) is 0 Å². The van der Waals surface area contributed by atoms with E-state index in [9.17, 15) is 0 Å². The number of aryl methyl sites for hydroxylation is 2. The highest BCUT2D eigenvalue weighted by Gasteiger charge is 2.08. The van der Waals surface area contributed by atoms with Gasteiger partial charge in [0, 0.05) is 13.1 Å². The van der Waals surface area contributed by atoms with Gasteiger partial charge in [0.2, 0.25) is 0 Å². The molecule has 0 unspecified atom stereocenters. The number of hydrogen-bond donors (Lipinski definition) is 4. The minimum absolute atomic E-state index is 1.05. The smallest absolute Gasteiger partial charge is 0.414 e. The highest BCUT2D eigenvalue weighted by Crippen LogP contribution is 2.13. The summed E-state index contributed by atoms with van der Waals surface area (Å²) in [5.74, 6) is -7.30. The molecule has 3 aromatic carbocycles. The fourth-order valence-corrected chi connectivity index (χ4v) is 4.66. The molecule has 0 amide bonds. The van der Waals surface area contributed by atoms with Crippen LogP contribution in [0.3, 0.4) is 0 Å². The number of carboxylic acid groups (broad SMARTS) is 4. The van der Waals surface area contributed by atoms with Gasteiger partial charge in [0.25, 0.3) is 0 Å². The number of aliphatic carboxylic acids is 4. The van der Waals surface area contributed by atoms with Crippen molar-refractivity contribution >= 4 is 23.9 Å². The van der Waals surface area contributed by atoms with Gasteiger partial charge in [-0.3, -0.25) is 9.80 Å². The van der Waals surface area contributed by atoms with Crippen molar-refractivity contribution in [1.82, 2.24) is 9.80 Å². The average Bonchev–Trinajstić information content (AvgIpc) is 3.05. The van der Waals surface area contributed by atoms with Crippen molar-refractivity contribution in [1.29, 1.82) is 0 Å². The Bertz CT molecular complexity index is 1180. The van der Waals surface area contributed by atoms with Crippen LogP contribution in [0.15, 0.2) is 84.9 Å². The minimum Gasteiger partial charge on any atom is -0.473 e. The zero-order valence-corrected chi connectivity index (χ0v) is 26.9. The summed E-state index contributed by atoms with van der Waals surface area (Å²) < 4.78 is 0. The Hall–Kier alpha value is -4.54. The van der Waals surface area contributed by atoms with Gasteiger partial charge in [-0.25, -0.2) is 19.2 Å². The van der Waals surface area contributed by atoms with Gasteiger partial charge in [0.05, 0.1) is 0 Å². The predicted molar refractivity (Wildman–Crippen MR) is 178 cm³/mol. The van der Waals surface area contributed by atoms with E-state index >= 15 is 0 Å². The molecule has 0 saturated carbocycles. The van der Waals surface area contributed by atoms with Crippen LogP contribution < -0.4 is 0 Å². The van der Waals surface area contributed by atoms with Crippen molar-refractivity contribution in [2.75, 3.05) is 26.2 Å². The van der Waals surface area contributed by atoms with Crippen molar-refractivity contribution in [3.8, 4) is 0 Å². The highest BCUT2D eigenvalue weighted by atomic mass is 16.4. The van der Waals surface area contributed by atoms with Crippen LogP contribution in [0.2, 0.25) is 0 Å². The van der Waals surface area contributed by atoms with Crippen LogP contribution in [-0.2, 0) is 45.1 Å². The quantitative estimate of drug-likeness (QED) is 0.114. The lowest BCUT2D eigenvalue weighted by molar-refractivity contribution is -0.159.